The SMILES string of the molecule is CCC(C)Cc1cc(NC(=S)Nc2ccc(NC(=O)c3ccccc3F)cc2)cc(C(F)(F)F)c1. The third-order valence-electron chi connectivity index (χ3n) is 5.38. The van der Waals surface area contributed by atoms with Crippen LogP contribution in [0.4, 0.5) is 34.6 Å². The van der Waals surface area contributed by atoms with Crippen molar-refractivity contribution in [3.05, 3.63) is 89.2 Å². The molecule has 4 nitrogen and oxygen atoms in total. The van der Waals surface area contributed by atoms with Crippen LogP contribution in [-0.4, -0.2) is 11.0 Å². The number of carbonyl (C=O) groups is 1. The fourth-order valence-corrected chi connectivity index (χ4v) is 3.60. The lowest BCUT2D eigenvalue weighted by molar-refractivity contribution is -0.137. The van der Waals surface area contributed by atoms with E-state index in [4.69, 9.17) is 12.2 Å². The smallest absolute Gasteiger partial charge is 0.332 e. The fraction of sp³-hybridized carbons (Fsp3) is 0.231. The predicted molar refractivity (Wildman–Crippen MR) is 135 cm³/mol. The quantitative estimate of drug-likeness (QED) is 0.231. The molecule has 0 spiro atoms. The summed E-state index contributed by atoms with van der Waals surface area (Å²) in [6, 6.07) is 16.0. The van der Waals surface area contributed by atoms with Gasteiger partial charge in [-0.2, -0.15) is 13.2 Å². The zero-order valence-electron chi connectivity index (χ0n) is 19.2. The Morgan fingerprint density at radius 3 is 2.11 bits per heavy atom. The van der Waals surface area contributed by atoms with E-state index < -0.39 is 23.5 Å². The summed E-state index contributed by atoms with van der Waals surface area (Å²) in [7, 11) is 0. The molecule has 35 heavy (non-hydrogen) atoms. The summed E-state index contributed by atoms with van der Waals surface area (Å²) >= 11 is 5.27. The molecule has 0 bridgehead atoms. The van der Waals surface area contributed by atoms with Gasteiger partial charge in [0.15, 0.2) is 5.11 Å². The second-order valence-electron chi connectivity index (χ2n) is 8.22. The molecule has 9 heteroatoms. The summed E-state index contributed by atoms with van der Waals surface area (Å²) in [6.45, 7) is 3.98. The van der Waals surface area contributed by atoms with Gasteiger partial charge in [-0.25, -0.2) is 4.39 Å². The average Bonchev–Trinajstić information content (AvgIpc) is 2.79. The minimum Gasteiger partial charge on any atom is -0.332 e. The number of alkyl halides is 3. The van der Waals surface area contributed by atoms with Gasteiger partial charge in [0.2, 0.25) is 0 Å². The van der Waals surface area contributed by atoms with Crippen molar-refractivity contribution in [3.8, 4) is 0 Å². The standard InChI is InChI=1S/C26H25F4N3OS/c1-3-16(2)12-17-13-18(26(28,29)30)15-21(14-17)33-25(35)32-20-10-8-19(9-11-20)31-24(34)22-6-4-5-7-23(22)27/h4-11,13-16H,3,12H2,1-2H3,(H,31,34)(H2,32,33,35). The first kappa shape index (κ1) is 26.2. The number of amides is 1. The van der Waals surface area contributed by atoms with E-state index >= 15 is 0 Å². The van der Waals surface area contributed by atoms with Gasteiger partial charge in [0.25, 0.3) is 5.91 Å². The number of carbonyl (C=O) groups excluding carboxylic acids is 1. The van der Waals surface area contributed by atoms with E-state index in [-0.39, 0.29) is 22.3 Å². The number of hydrogen-bond acceptors (Lipinski definition) is 2. The topological polar surface area (TPSA) is 53.2 Å². The van der Waals surface area contributed by atoms with Crippen LogP contribution in [0.25, 0.3) is 0 Å². The Bertz CT molecular complexity index is 1200. The Hall–Kier alpha value is -3.46. The van der Waals surface area contributed by atoms with Crippen LogP contribution in [0.15, 0.2) is 66.7 Å². The van der Waals surface area contributed by atoms with E-state index in [2.05, 4.69) is 16.0 Å². The van der Waals surface area contributed by atoms with Crippen LogP contribution >= 0.6 is 12.2 Å². The molecule has 1 atom stereocenters. The van der Waals surface area contributed by atoms with Crippen LogP contribution in [0.3, 0.4) is 0 Å². The Labute approximate surface area is 206 Å². The number of hydrogen-bond donors (Lipinski definition) is 3. The fourth-order valence-electron chi connectivity index (χ4n) is 3.37. The van der Waals surface area contributed by atoms with E-state index in [9.17, 15) is 22.4 Å². The van der Waals surface area contributed by atoms with Crippen LogP contribution in [0.2, 0.25) is 0 Å². The van der Waals surface area contributed by atoms with Gasteiger partial charge in [-0.1, -0.05) is 32.4 Å². The van der Waals surface area contributed by atoms with E-state index in [0.29, 0.717) is 23.4 Å². The minimum atomic E-state index is -4.47. The van der Waals surface area contributed by atoms with Crippen molar-refractivity contribution >= 4 is 40.3 Å². The van der Waals surface area contributed by atoms with Crippen LogP contribution < -0.4 is 16.0 Å². The van der Waals surface area contributed by atoms with Crippen molar-refractivity contribution in [3.63, 3.8) is 0 Å². The average molecular weight is 504 g/mol. The largest absolute Gasteiger partial charge is 0.416 e. The van der Waals surface area contributed by atoms with Crippen molar-refractivity contribution in [1.29, 1.82) is 0 Å². The summed E-state index contributed by atoms with van der Waals surface area (Å²) in [5.74, 6) is -0.964. The van der Waals surface area contributed by atoms with Crippen LogP contribution in [0, 0.1) is 11.7 Å². The lowest BCUT2D eigenvalue weighted by Gasteiger charge is -2.16. The first-order chi connectivity index (χ1) is 16.5. The maximum Gasteiger partial charge on any atom is 0.416 e. The van der Waals surface area contributed by atoms with E-state index in [1.165, 1.54) is 24.3 Å². The zero-order valence-corrected chi connectivity index (χ0v) is 20.0. The van der Waals surface area contributed by atoms with Gasteiger partial charge in [0.1, 0.15) is 5.82 Å². The highest BCUT2D eigenvalue weighted by molar-refractivity contribution is 7.80. The third kappa shape index (κ3) is 7.51. The Kier molecular flexibility index (Phi) is 8.45. The molecule has 0 fully saturated rings. The zero-order chi connectivity index (χ0) is 25.6. The molecule has 3 aromatic rings. The lowest BCUT2D eigenvalue weighted by atomic mass is 9.97. The van der Waals surface area contributed by atoms with Gasteiger partial charge >= 0.3 is 6.18 Å². The Morgan fingerprint density at radius 1 is 0.914 bits per heavy atom. The normalized spacial score (nSPS) is 12.1. The summed E-state index contributed by atoms with van der Waals surface area (Å²) in [5, 5.41) is 8.44. The molecule has 0 aliphatic rings. The molecule has 1 amide bonds. The first-order valence-corrected chi connectivity index (χ1v) is 11.4. The van der Waals surface area contributed by atoms with Gasteiger partial charge in [0, 0.05) is 17.1 Å². The van der Waals surface area contributed by atoms with Gasteiger partial charge in [-0.15, -0.1) is 0 Å². The van der Waals surface area contributed by atoms with E-state index in [0.717, 1.165) is 12.5 Å². The molecule has 0 radical (unpaired) electrons. The number of nitrogens with one attached hydrogen (secondary N) is 3. The molecule has 0 aromatic heterocycles. The number of thiocarbonyl (C=S) groups is 1. The lowest BCUT2D eigenvalue weighted by Crippen LogP contribution is -2.20. The molecule has 3 rings (SSSR count). The highest BCUT2D eigenvalue weighted by Crippen LogP contribution is 2.33. The third-order valence-corrected chi connectivity index (χ3v) is 5.58. The van der Waals surface area contributed by atoms with Crippen molar-refractivity contribution < 1.29 is 22.4 Å². The van der Waals surface area contributed by atoms with Crippen LogP contribution in [-0.2, 0) is 12.6 Å². The predicted octanol–water partition coefficient (Wildman–Crippen LogP) is 7.49. The second-order valence-corrected chi connectivity index (χ2v) is 8.63. The van der Waals surface area contributed by atoms with Gasteiger partial charge in [0.05, 0.1) is 11.1 Å². The second kappa shape index (κ2) is 11.3. The monoisotopic (exact) mass is 503 g/mol. The number of halogens is 4. The summed E-state index contributed by atoms with van der Waals surface area (Å²) in [5.41, 5.74) is 1.000. The molecular formula is C26H25F4N3OS. The first-order valence-electron chi connectivity index (χ1n) is 11.0. The maximum atomic E-state index is 13.8. The van der Waals surface area contributed by atoms with E-state index in [1.54, 1.807) is 36.4 Å². The molecule has 184 valence electrons. The molecular weight excluding hydrogens is 478 g/mol. The van der Waals surface area contributed by atoms with Crippen molar-refractivity contribution in [1.82, 2.24) is 0 Å². The van der Waals surface area contributed by atoms with Gasteiger partial charge < -0.3 is 16.0 Å². The molecule has 0 saturated carbocycles. The maximum absolute atomic E-state index is 13.8. The highest BCUT2D eigenvalue weighted by atomic mass is 32.1. The van der Waals surface area contributed by atoms with Crippen molar-refractivity contribution in [2.24, 2.45) is 5.92 Å². The molecule has 0 heterocycles. The summed E-state index contributed by atoms with van der Waals surface area (Å²) in [4.78, 5) is 12.2. The Morgan fingerprint density at radius 2 is 1.51 bits per heavy atom. The number of rotatable bonds is 7. The minimum absolute atomic E-state index is 0.0751. The molecule has 3 N–H and O–H groups in total. The van der Waals surface area contributed by atoms with Gasteiger partial charge in [-0.3, -0.25) is 4.79 Å². The molecule has 0 aliphatic carbocycles. The summed E-state index contributed by atoms with van der Waals surface area (Å²) < 4.78 is 53.9. The highest BCUT2D eigenvalue weighted by Gasteiger charge is 2.31. The Balaban J connectivity index is 1.66. The van der Waals surface area contributed by atoms with E-state index in [1.807, 2.05) is 13.8 Å². The van der Waals surface area contributed by atoms with Gasteiger partial charge in [-0.05, 0) is 84.7 Å². The molecule has 1 unspecified atom stereocenters. The molecule has 0 saturated heterocycles. The summed E-state index contributed by atoms with van der Waals surface area (Å²) in [6.07, 6.45) is -3.09. The number of benzene rings is 3. The van der Waals surface area contributed by atoms with Crippen molar-refractivity contribution in [2.75, 3.05) is 16.0 Å². The molecule has 0 aliphatic heterocycles. The molecule has 3 aromatic carbocycles. The van der Waals surface area contributed by atoms with Crippen LogP contribution in [0.5, 0.6) is 0 Å². The number of anilines is 3. The van der Waals surface area contributed by atoms with Crippen LogP contribution in [0.1, 0.15) is 41.8 Å². The van der Waals surface area contributed by atoms with Crippen molar-refractivity contribution in [2.45, 2.75) is 32.9 Å².